The molecule has 0 fully saturated rings. The predicted molar refractivity (Wildman–Crippen MR) is 112 cm³/mol. The van der Waals surface area contributed by atoms with Crippen molar-refractivity contribution >= 4 is 21.7 Å². The molecule has 0 radical (unpaired) electrons. The molecule has 0 aliphatic carbocycles. The van der Waals surface area contributed by atoms with E-state index in [1.807, 2.05) is 6.07 Å². The smallest absolute Gasteiger partial charge is 0.326 e. The van der Waals surface area contributed by atoms with E-state index in [0.717, 1.165) is 5.56 Å². The molecule has 9 nitrogen and oxygen atoms in total. The van der Waals surface area contributed by atoms with Crippen molar-refractivity contribution in [3.63, 3.8) is 0 Å². The summed E-state index contributed by atoms with van der Waals surface area (Å²) in [4.78, 5) is 31.3. The van der Waals surface area contributed by atoms with Gasteiger partial charge in [0.15, 0.2) is 9.84 Å². The Balaban J connectivity index is 1.77. The number of carboxylic acid groups (broad SMARTS) is 1. The highest BCUT2D eigenvalue weighted by Crippen LogP contribution is 2.16. The van der Waals surface area contributed by atoms with E-state index in [0.29, 0.717) is 5.69 Å². The largest absolute Gasteiger partial charge is 0.480 e. The number of nitrogens with zero attached hydrogens (tertiary/aromatic N) is 1. The Morgan fingerprint density at radius 3 is 2.52 bits per heavy atom. The molecular weight excluding hydrogens is 422 g/mol. The highest BCUT2D eigenvalue weighted by atomic mass is 32.2. The van der Waals surface area contributed by atoms with Crippen LogP contribution in [0.5, 0.6) is 0 Å². The number of nitrogens with one attached hydrogen (secondary N) is 2. The lowest BCUT2D eigenvalue weighted by molar-refractivity contribution is -0.142. The van der Waals surface area contributed by atoms with Gasteiger partial charge in [0.1, 0.15) is 17.6 Å². The Morgan fingerprint density at radius 1 is 1.13 bits per heavy atom. The van der Waals surface area contributed by atoms with Crippen molar-refractivity contribution in [2.75, 3.05) is 5.75 Å². The maximum Gasteiger partial charge on any atom is 0.326 e. The summed E-state index contributed by atoms with van der Waals surface area (Å²) in [5.41, 5.74) is 1.24. The number of carbonyl (C=O) groups excluding carboxylic acids is 1. The van der Waals surface area contributed by atoms with Crippen LogP contribution in [0.15, 0.2) is 65.7 Å². The Bertz CT molecular complexity index is 1080. The van der Waals surface area contributed by atoms with Gasteiger partial charge < -0.3 is 19.8 Å². The van der Waals surface area contributed by atoms with E-state index in [4.69, 9.17) is 4.42 Å². The molecule has 0 spiro atoms. The number of rotatable bonds is 11. The van der Waals surface area contributed by atoms with Gasteiger partial charge in [0.2, 0.25) is 5.91 Å². The summed E-state index contributed by atoms with van der Waals surface area (Å²) in [7, 11) is -3.69. The van der Waals surface area contributed by atoms with Crippen molar-refractivity contribution < 1.29 is 27.5 Å². The van der Waals surface area contributed by atoms with Crippen molar-refractivity contribution in [3.8, 4) is 0 Å². The minimum absolute atomic E-state index is 0.0260. The van der Waals surface area contributed by atoms with Gasteiger partial charge in [0.25, 0.3) is 0 Å². The fourth-order valence-corrected chi connectivity index (χ4v) is 4.80. The number of benzene rings is 1. The van der Waals surface area contributed by atoms with Crippen molar-refractivity contribution in [3.05, 3.63) is 78.3 Å². The number of hydrogen-bond acceptors (Lipinski definition) is 6. The third-order valence-electron chi connectivity index (χ3n) is 4.68. The Labute approximate surface area is 179 Å². The van der Waals surface area contributed by atoms with Crippen LogP contribution in [-0.4, -0.2) is 47.2 Å². The predicted octanol–water partition coefficient (Wildman–Crippen LogP) is 1.59. The zero-order chi connectivity index (χ0) is 22.3. The van der Waals surface area contributed by atoms with Crippen LogP contribution < -0.4 is 5.32 Å². The highest BCUT2D eigenvalue weighted by molar-refractivity contribution is 7.90. The van der Waals surface area contributed by atoms with Gasteiger partial charge in [0.05, 0.1) is 30.0 Å². The summed E-state index contributed by atoms with van der Waals surface area (Å²) >= 11 is 0. The second kappa shape index (κ2) is 10.1. The Morgan fingerprint density at radius 2 is 1.90 bits per heavy atom. The van der Waals surface area contributed by atoms with Gasteiger partial charge in [-0.3, -0.25) is 4.79 Å². The first kappa shape index (κ1) is 22.3. The number of aromatic nitrogens is 2. The monoisotopic (exact) mass is 445 g/mol. The van der Waals surface area contributed by atoms with E-state index < -0.39 is 39.4 Å². The second-order valence-electron chi connectivity index (χ2n) is 7.18. The average molecular weight is 445 g/mol. The molecular formula is C21H23N3O6S. The molecule has 0 unspecified atom stereocenters. The maximum absolute atomic E-state index is 13.0. The Hall–Kier alpha value is -3.40. The normalized spacial score (nSPS) is 13.4. The molecule has 2 aromatic heterocycles. The lowest BCUT2D eigenvalue weighted by Gasteiger charge is -2.20. The van der Waals surface area contributed by atoms with Crippen LogP contribution in [-0.2, 0) is 38.0 Å². The zero-order valence-corrected chi connectivity index (χ0v) is 17.4. The van der Waals surface area contributed by atoms with Crippen molar-refractivity contribution in [1.82, 2.24) is 15.3 Å². The summed E-state index contributed by atoms with van der Waals surface area (Å²) in [6, 6.07) is 10.9. The maximum atomic E-state index is 13.0. The van der Waals surface area contributed by atoms with E-state index in [1.54, 1.807) is 36.4 Å². The molecule has 3 rings (SSSR count). The van der Waals surface area contributed by atoms with Crippen molar-refractivity contribution in [1.29, 1.82) is 0 Å². The lowest BCUT2D eigenvalue weighted by Crippen LogP contribution is -2.46. The summed E-state index contributed by atoms with van der Waals surface area (Å²) < 4.78 is 30.5. The molecule has 10 heteroatoms. The van der Waals surface area contributed by atoms with Gasteiger partial charge >= 0.3 is 5.97 Å². The molecule has 0 bridgehead atoms. The number of sulfone groups is 1. The number of furan rings is 1. The van der Waals surface area contributed by atoms with Gasteiger partial charge in [-0.1, -0.05) is 30.3 Å². The summed E-state index contributed by atoms with van der Waals surface area (Å²) in [6.07, 6.45) is 4.46. The van der Waals surface area contributed by atoms with E-state index in [9.17, 15) is 23.1 Å². The standard InChI is InChI=1S/C21H23N3O6S/c25-20(24-19(21(26)27)10-17-11-22-14-23-17)16(9-15-5-2-1-3-6-15)12-31(28,29)13-18-7-4-8-30-18/h1-8,11,14,16,19H,9-10,12-13H2,(H,22,23)(H,24,25)(H,26,27)/t16-,19-/m0/s1. The third kappa shape index (κ3) is 6.82. The zero-order valence-electron chi connectivity index (χ0n) is 16.6. The molecule has 0 saturated heterocycles. The van der Waals surface area contributed by atoms with Crippen LogP contribution in [0.2, 0.25) is 0 Å². The molecule has 0 aliphatic heterocycles. The van der Waals surface area contributed by atoms with Crippen LogP contribution in [0.25, 0.3) is 0 Å². The van der Waals surface area contributed by atoms with Gasteiger partial charge in [-0.05, 0) is 24.1 Å². The first-order valence-corrected chi connectivity index (χ1v) is 11.4. The third-order valence-corrected chi connectivity index (χ3v) is 6.31. The number of hydrogen-bond donors (Lipinski definition) is 3. The van der Waals surface area contributed by atoms with Crippen LogP contribution in [0.3, 0.4) is 0 Å². The molecule has 2 atom stereocenters. The van der Waals surface area contributed by atoms with E-state index in [1.165, 1.54) is 18.8 Å². The van der Waals surface area contributed by atoms with Crippen LogP contribution in [0.1, 0.15) is 17.0 Å². The number of carbonyl (C=O) groups is 2. The molecule has 164 valence electrons. The minimum Gasteiger partial charge on any atom is -0.480 e. The summed E-state index contributed by atoms with van der Waals surface area (Å²) in [6.45, 7) is 0. The fraction of sp³-hybridized carbons (Fsp3) is 0.286. The van der Waals surface area contributed by atoms with Crippen LogP contribution in [0.4, 0.5) is 0 Å². The molecule has 31 heavy (non-hydrogen) atoms. The molecule has 0 aliphatic rings. The number of amides is 1. The van der Waals surface area contributed by atoms with E-state index in [2.05, 4.69) is 15.3 Å². The highest BCUT2D eigenvalue weighted by Gasteiger charge is 2.30. The van der Waals surface area contributed by atoms with Crippen LogP contribution >= 0.6 is 0 Å². The minimum atomic E-state index is -3.69. The second-order valence-corrected chi connectivity index (χ2v) is 9.29. The lowest BCUT2D eigenvalue weighted by atomic mass is 9.99. The van der Waals surface area contributed by atoms with Gasteiger partial charge in [-0.25, -0.2) is 18.2 Å². The average Bonchev–Trinajstić information content (AvgIpc) is 3.41. The molecule has 3 aromatic rings. The molecule has 1 amide bonds. The molecule has 0 saturated carbocycles. The van der Waals surface area contributed by atoms with Crippen LogP contribution in [0, 0.1) is 5.92 Å². The first-order chi connectivity index (χ1) is 14.8. The quantitative estimate of drug-likeness (QED) is 0.407. The molecule has 2 heterocycles. The van der Waals surface area contributed by atoms with Crippen molar-refractivity contribution in [2.24, 2.45) is 5.92 Å². The summed E-state index contributed by atoms with van der Waals surface area (Å²) in [5.74, 6) is -3.34. The van der Waals surface area contributed by atoms with Gasteiger partial charge in [-0.15, -0.1) is 0 Å². The van der Waals surface area contributed by atoms with Gasteiger partial charge in [0, 0.05) is 12.6 Å². The van der Waals surface area contributed by atoms with E-state index in [-0.39, 0.29) is 24.4 Å². The summed E-state index contributed by atoms with van der Waals surface area (Å²) in [5, 5.41) is 12.0. The first-order valence-electron chi connectivity index (χ1n) is 9.60. The number of imidazole rings is 1. The number of carboxylic acids is 1. The molecule has 3 N–H and O–H groups in total. The van der Waals surface area contributed by atoms with Gasteiger partial charge in [-0.2, -0.15) is 0 Å². The van der Waals surface area contributed by atoms with E-state index >= 15 is 0 Å². The Kier molecular flexibility index (Phi) is 7.24. The number of aromatic amines is 1. The fourth-order valence-electron chi connectivity index (χ4n) is 3.20. The molecule has 1 aromatic carbocycles. The SMILES string of the molecule is O=C(N[C@@H](Cc1c[nH]cn1)C(=O)O)[C@@H](Cc1ccccc1)CS(=O)(=O)Cc1ccco1. The number of aliphatic carboxylic acids is 1. The number of H-pyrrole nitrogens is 1. The topological polar surface area (TPSA) is 142 Å². The van der Waals surface area contributed by atoms with Crippen molar-refractivity contribution in [2.45, 2.75) is 24.6 Å².